The maximum Gasteiger partial charge on any atom is 0.0308 e. The predicted octanol–water partition coefficient (Wildman–Crippen LogP) is 3.81. The Balaban J connectivity index is 2.02. The minimum absolute atomic E-state index is 0.324. The van der Waals surface area contributed by atoms with E-state index in [1.54, 1.807) is 0 Å². The summed E-state index contributed by atoms with van der Waals surface area (Å²) in [6.07, 6.45) is 11.2. The lowest BCUT2D eigenvalue weighted by Gasteiger charge is -2.49. The fourth-order valence-corrected chi connectivity index (χ4v) is 3.91. The van der Waals surface area contributed by atoms with E-state index >= 15 is 0 Å². The standard InChI is InChI=1S/C17H34N2/c1-4-12-18-16(15-10-9-11-15)17(2,3)19-13-7-5-6-8-14-19/h15-16,18H,4-14H2,1-3H3. The van der Waals surface area contributed by atoms with Gasteiger partial charge >= 0.3 is 0 Å². The van der Waals surface area contributed by atoms with Gasteiger partial charge in [0.1, 0.15) is 0 Å². The molecule has 0 radical (unpaired) electrons. The molecule has 0 bridgehead atoms. The summed E-state index contributed by atoms with van der Waals surface area (Å²) in [5, 5.41) is 3.89. The number of hydrogen-bond donors (Lipinski definition) is 1. The number of likely N-dealkylation sites (tertiary alicyclic amines) is 1. The van der Waals surface area contributed by atoms with Crippen LogP contribution in [0.2, 0.25) is 0 Å². The van der Waals surface area contributed by atoms with Crippen LogP contribution < -0.4 is 5.32 Å². The zero-order valence-corrected chi connectivity index (χ0v) is 13.4. The molecule has 1 aliphatic heterocycles. The molecule has 112 valence electrons. The van der Waals surface area contributed by atoms with Gasteiger partial charge in [-0.1, -0.05) is 26.2 Å². The van der Waals surface area contributed by atoms with Gasteiger partial charge in [0.15, 0.2) is 0 Å². The molecule has 1 atom stereocenters. The molecule has 0 aromatic carbocycles. The maximum absolute atomic E-state index is 3.89. The third-order valence-corrected chi connectivity index (χ3v) is 5.42. The summed E-state index contributed by atoms with van der Waals surface area (Å²) < 4.78 is 0. The van der Waals surface area contributed by atoms with Gasteiger partial charge in [0.25, 0.3) is 0 Å². The molecule has 2 aliphatic rings. The van der Waals surface area contributed by atoms with Crippen molar-refractivity contribution in [1.82, 2.24) is 10.2 Å². The van der Waals surface area contributed by atoms with E-state index < -0.39 is 0 Å². The average Bonchev–Trinajstić information content (AvgIpc) is 2.60. The third kappa shape index (κ3) is 3.72. The molecule has 2 nitrogen and oxygen atoms in total. The first-order valence-electron chi connectivity index (χ1n) is 8.64. The van der Waals surface area contributed by atoms with Crippen LogP contribution in [0.15, 0.2) is 0 Å². The summed E-state index contributed by atoms with van der Waals surface area (Å²) in [5.41, 5.74) is 0.324. The van der Waals surface area contributed by atoms with Crippen LogP contribution >= 0.6 is 0 Å². The fraction of sp³-hybridized carbons (Fsp3) is 1.00. The molecule has 0 aromatic heterocycles. The van der Waals surface area contributed by atoms with Gasteiger partial charge in [-0.2, -0.15) is 0 Å². The Morgan fingerprint density at radius 3 is 2.16 bits per heavy atom. The normalized spacial score (nSPS) is 24.8. The van der Waals surface area contributed by atoms with E-state index in [4.69, 9.17) is 0 Å². The topological polar surface area (TPSA) is 15.3 Å². The van der Waals surface area contributed by atoms with E-state index in [0.717, 1.165) is 5.92 Å². The Kier molecular flexibility index (Phi) is 5.70. The summed E-state index contributed by atoms with van der Waals surface area (Å²) in [6.45, 7) is 11.1. The van der Waals surface area contributed by atoms with E-state index in [1.807, 2.05) is 0 Å². The molecule has 1 heterocycles. The van der Waals surface area contributed by atoms with E-state index in [0.29, 0.717) is 11.6 Å². The Labute approximate surface area is 120 Å². The van der Waals surface area contributed by atoms with Crippen molar-refractivity contribution in [2.75, 3.05) is 19.6 Å². The molecule has 1 aliphatic carbocycles. The largest absolute Gasteiger partial charge is 0.312 e. The third-order valence-electron chi connectivity index (χ3n) is 5.42. The highest BCUT2D eigenvalue weighted by Gasteiger charge is 2.41. The lowest BCUT2D eigenvalue weighted by atomic mass is 9.72. The van der Waals surface area contributed by atoms with Crippen LogP contribution in [0.4, 0.5) is 0 Å². The molecule has 1 saturated carbocycles. The Morgan fingerprint density at radius 2 is 1.68 bits per heavy atom. The zero-order chi connectivity index (χ0) is 13.7. The first-order chi connectivity index (χ1) is 9.16. The van der Waals surface area contributed by atoms with E-state index in [1.165, 1.54) is 71.0 Å². The molecular weight excluding hydrogens is 232 g/mol. The Morgan fingerprint density at radius 1 is 1.05 bits per heavy atom. The van der Waals surface area contributed by atoms with Crippen molar-refractivity contribution in [2.24, 2.45) is 5.92 Å². The van der Waals surface area contributed by atoms with Crippen molar-refractivity contribution in [3.63, 3.8) is 0 Å². The molecule has 0 aromatic rings. The summed E-state index contributed by atoms with van der Waals surface area (Å²) in [4.78, 5) is 2.78. The first kappa shape index (κ1) is 15.3. The molecule has 0 spiro atoms. The van der Waals surface area contributed by atoms with E-state index in [-0.39, 0.29) is 0 Å². The van der Waals surface area contributed by atoms with Crippen LogP contribution in [0, 0.1) is 5.92 Å². The van der Waals surface area contributed by atoms with Gasteiger partial charge in [-0.25, -0.2) is 0 Å². The van der Waals surface area contributed by atoms with Gasteiger partial charge < -0.3 is 5.32 Å². The van der Waals surface area contributed by atoms with Crippen molar-refractivity contribution in [3.05, 3.63) is 0 Å². The van der Waals surface area contributed by atoms with Crippen molar-refractivity contribution >= 4 is 0 Å². The highest BCUT2D eigenvalue weighted by Crippen LogP contribution is 2.37. The van der Waals surface area contributed by atoms with Crippen molar-refractivity contribution in [2.45, 2.75) is 83.7 Å². The second-order valence-corrected chi connectivity index (χ2v) is 7.18. The highest BCUT2D eigenvalue weighted by molar-refractivity contribution is 4.99. The molecule has 1 unspecified atom stereocenters. The molecule has 1 N–H and O–H groups in total. The average molecular weight is 266 g/mol. The van der Waals surface area contributed by atoms with Crippen LogP contribution in [0.5, 0.6) is 0 Å². The van der Waals surface area contributed by atoms with E-state index in [9.17, 15) is 0 Å². The molecule has 2 fully saturated rings. The van der Waals surface area contributed by atoms with Crippen LogP contribution in [0.1, 0.15) is 72.1 Å². The molecule has 0 amide bonds. The number of rotatable bonds is 6. The highest BCUT2D eigenvalue weighted by atomic mass is 15.2. The molecular formula is C17H34N2. The lowest BCUT2D eigenvalue weighted by molar-refractivity contribution is 0.0378. The lowest BCUT2D eigenvalue weighted by Crippen LogP contribution is -2.61. The van der Waals surface area contributed by atoms with Gasteiger partial charge in [-0.05, 0) is 71.5 Å². The molecule has 2 rings (SSSR count). The van der Waals surface area contributed by atoms with Gasteiger partial charge in [-0.15, -0.1) is 0 Å². The Hall–Kier alpha value is -0.0800. The number of nitrogens with zero attached hydrogens (tertiary/aromatic N) is 1. The summed E-state index contributed by atoms with van der Waals surface area (Å²) in [5.74, 6) is 0.921. The van der Waals surface area contributed by atoms with Crippen LogP contribution in [0.3, 0.4) is 0 Å². The number of nitrogens with one attached hydrogen (secondary N) is 1. The van der Waals surface area contributed by atoms with Gasteiger partial charge in [0, 0.05) is 11.6 Å². The van der Waals surface area contributed by atoms with Gasteiger partial charge in [0.2, 0.25) is 0 Å². The second-order valence-electron chi connectivity index (χ2n) is 7.18. The van der Waals surface area contributed by atoms with Crippen molar-refractivity contribution < 1.29 is 0 Å². The second kappa shape index (κ2) is 7.08. The zero-order valence-electron chi connectivity index (χ0n) is 13.4. The Bertz CT molecular complexity index is 250. The quantitative estimate of drug-likeness (QED) is 0.786. The summed E-state index contributed by atoms with van der Waals surface area (Å²) in [6, 6.07) is 0.694. The molecule has 2 heteroatoms. The first-order valence-corrected chi connectivity index (χ1v) is 8.64. The fourth-order valence-electron chi connectivity index (χ4n) is 3.91. The smallest absolute Gasteiger partial charge is 0.0308 e. The van der Waals surface area contributed by atoms with Gasteiger partial charge in [0.05, 0.1) is 0 Å². The minimum atomic E-state index is 0.324. The van der Waals surface area contributed by atoms with Crippen LogP contribution in [-0.4, -0.2) is 36.1 Å². The summed E-state index contributed by atoms with van der Waals surface area (Å²) in [7, 11) is 0. The van der Waals surface area contributed by atoms with Crippen LogP contribution in [0.25, 0.3) is 0 Å². The maximum atomic E-state index is 3.89. The SMILES string of the molecule is CCCNC(C1CCC1)C(C)(C)N1CCCCCC1. The number of hydrogen-bond acceptors (Lipinski definition) is 2. The van der Waals surface area contributed by atoms with Crippen molar-refractivity contribution in [1.29, 1.82) is 0 Å². The monoisotopic (exact) mass is 266 g/mol. The molecule has 19 heavy (non-hydrogen) atoms. The predicted molar refractivity (Wildman–Crippen MR) is 83.5 cm³/mol. The minimum Gasteiger partial charge on any atom is -0.312 e. The molecule has 1 saturated heterocycles. The van der Waals surface area contributed by atoms with E-state index in [2.05, 4.69) is 31.0 Å². The van der Waals surface area contributed by atoms with Gasteiger partial charge in [-0.3, -0.25) is 4.90 Å². The summed E-state index contributed by atoms with van der Waals surface area (Å²) >= 11 is 0. The van der Waals surface area contributed by atoms with Crippen LogP contribution in [-0.2, 0) is 0 Å². The van der Waals surface area contributed by atoms with Crippen molar-refractivity contribution in [3.8, 4) is 0 Å².